The van der Waals surface area contributed by atoms with Crippen molar-refractivity contribution in [1.82, 2.24) is 10.2 Å². The lowest BCUT2D eigenvalue weighted by atomic mass is 10.0. The first-order valence-corrected chi connectivity index (χ1v) is 8.80. The number of nitrogens with zero attached hydrogens (tertiary/aromatic N) is 1. The van der Waals surface area contributed by atoms with E-state index in [-0.39, 0.29) is 11.9 Å². The molecular formula is C19H28N2O4. The van der Waals surface area contributed by atoms with Gasteiger partial charge in [-0.3, -0.25) is 4.79 Å². The van der Waals surface area contributed by atoms with Gasteiger partial charge in [-0.15, -0.1) is 0 Å². The first kappa shape index (κ1) is 19.1. The van der Waals surface area contributed by atoms with E-state index in [1.54, 1.807) is 12.1 Å². The zero-order valence-corrected chi connectivity index (χ0v) is 15.5. The van der Waals surface area contributed by atoms with Gasteiger partial charge >= 0.3 is 6.09 Å². The summed E-state index contributed by atoms with van der Waals surface area (Å²) in [6.45, 7) is 9.28. The highest BCUT2D eigenvalue weighted by molar-refractivity contribution is 5.94. The van der Waals surface area contributed by atoms with E-state index in [1.165, 1.54) is 0 Å². The Morgan fingerprint density at radius 2 is 1.76 bits per heavy atom. The number of ether oxygens (including phenoxy) is 2. The minimum absolute atomic E-state index is 0.0127. The molecule has 0 unspecified atom stereocenters. The molecule has 1 aliphatic rings. The van der Waals surface area contributed by atoms with Crippen molar-refractivity contribution in [2.24, 2.45) is 0 Å². The van der Waals surface area contributed by atoms with E-state index < -0.39 is 11.7 Å². The van der Waals surface area contributed by atoms with Crippen LogP contribution in [0.4, 0.5) is 4.79 Å². The lowest BCUT2D eigenvalue weighted by Gasteiger charge is -2.33. The molecule has 0 bridgehead atoms. The summed E-state index contributed by atoms with van der Waals surface area (Å²) in [4.78, 5) is 26.2. The van der Waals surface area contributed by atoms with Crippen molar-refractivity contribution < 1.29 is 19.1 Å². The number of hydrogen-bond donors (Lipinski definition) is 1. The summed E-state index contributed by atoms with van der Waals surface area (Å²) in [5.41, 5.74) is 0.149. The first-order valence-electron chi connectivity index (χ1n) is 8.80. The van der Waals surface area contributed by atoms with E-state index in [9.17, 15) is 9.59 Å². The van der Waals surface area contributed by atoms with Gasteiger partial charge in [-0.2, -0.15) is 0 Å². The summed E-state index contributed by atoms with van der Waals surface area (Å²) in [6, 6.07) is 7.25. The van der Waals surface area contributed by atoms with Crippen LogP contribution >= 0.6 is 0 Å². The fourth-order valence-electron chi connectivity index (χ4n) is 2.74. The van der Waals surface area contributed by atoms with Crippen LogP contribution in [0.25, 0.3) is 0 Å². The van der Waals surface area contributed by atoms with Crippen molar-refractivity contribution in [3.63, 3.8) is 0 Å². The molecule has 2 amide bonds. The Bertz CT molecular complexity index is 584. The highest BCUT2D eigenvalue weighted by Crippen LogP contribution is 2.17. The van der Waals surface area contributed by atoms with Gasteiger partial charge in [0.1, 0.15) is 11.4 Å². The molecule has 0 spiro atoms. The van der Waals surface area contributed by atoms with Crippen molar-refractivity contribution in [2.45, 2.75) is 52.2 Å². The number of amides is 2. The summed E-state index contributed by atoms with van der Waals surface area (Å²) in [5, 5.41) is 2.88. The third-order valence-corrected chi connectivity index (χ3v) is 3.92. The summed E-state index contributed by atoms with van der Waals surface area (Å²) >= 11 is 0. The molecule has 0 aromatic heterocycles. The average Bonchev–Trinajstić information content (AvgIpc) is 2.54. The molecule has 1 aromatic rings. The fraction of sp³-hybridized carbons (Fsp3) is 0.579. The molecule has 1 fully saturated rings. The highest BCUT2D eigenvalue weighted by atomic mass is 16.6. The number of hydrogen-bond acceptors (Lipinski definition) is 4. The van der Waals surface area contributed by atoms with E-state index in [0.717, 1.165) is 18.6 Å². The second kappa shape index (κ2) is 8.23. The smallest absolute Gasteiger partial charge is 0.407 e. The van der Waals surface area contributed by atoms with Crippen LogP contribution in [0.5, 0.6) is 5.75 Å². The van der Waals surface area contributed by atoms with E-state index >= 15 is 0 Å². The van der Waals surface area contributed by atoms with Gasteiger partial charge in [-0.05, 0) is 64.8 Å². The minimum Gasteiger partial charge on any atom is -0.494 e. The predicted octanol–water partition coefficient (Wildman–Crippen LogP) is 3.21. The number of alkyl carbamates (subject to hydrolysis) is 1. The Kier molecular flexibility index (Phi) is 6.28. The van der Waals surface area contributed by atoms with E-state index in [4.69, 9.17) is 9.47 Å². The molecule has 0 saturated carbocycles. The zero-order valence-electron chi connectivity index (χ0n) is 15.5. The maximum atomic E-state index is 12.6. The van der Waals surface area contributed by atoms with Gasteiger partial charge in [0.05, 0.1) is 6.61 Å². The van der Waals surface area contributed by atoms with Gasteiger partial charge in [0.25, 0.3) is 5.91 Å². The number of piperidine rings is 1. The standard InChI is InChI=1S/C19H28N2O4/c1-5-24-16-8-6-14(7-9-16)17(22)21-12-10-15(11-13-21)20-18(23)25-19(2,3)4/h6-9,15H,5,10-13H2,1-4H3,(H,20,23). The molecule has 1 saturated heterocycles. The Morgan fingerprint density at radius 1 is 1.16 bits per heavy atom. The third-order valence-electron chi connectivity index (χ3n) is 3.92. The normalized spacial score (nSPS) is 15.6. The molecule has 1 N–H and O–H groups in total. The fourth-order valence-corrected chi connectivity index (χ4v) is 2.74. The van der Waals surface area contributed by atoms with Gasteiger partial charge in [-0.25, -0.2) is 4.79 Å². The molecular weight excluding hydrogens is 320 g/mol. The summed E-state index contributed by atoms with van der Waals surface area (Å²) in [7, 11) is 0. The van der Waals surface area contributed by atoms with Crippen LogP contribution < -0.4 is 10.1 Å². The molecule has 25 heavy (non-hydrogen) atoms. The Balaban J connectivity index is 1.83. The van der Waals surface area contributed by atoms with E-state index in [0.29, 0.717) is 25.3 Å². The predicted molar refractivity (Wildman–Crippen MR) is 95.9 cm³/mol. The van der Waals surface area contributed by atoms with Crippen LogP contribution in [0, 0.1) is 0 Å². The summed E-state index contributed by atoms with van der Waals surface area (Å²) in [5.74, 6) is 0.776. The first-order chi connectivity index (χ1) is 11.8. The molecule has 6 nitrogen and oxygen atoms in total. The van der Waals surface area contributed by atoms with Crippen molar-refractivity contribution in [2.75, 3.05) is 19.7 Å². The lowest BCUT2D eigenvalue weighted by molar-refractivity contribution is 0.0473. The summed E-state index contributed by atoms with van der Waals surface area (Å²) < 4.78 is 10.7. The van der Waals surface area contributed by atoms with E-state index in [2.05, 4.69) is 5.32 Å². The molecule has 0 aliphatic carbocycles. The van der Waals surface area contributed by atoms with Crippen LogP contribution in [0.15, 0.2) is 24.3 Å². The highest BCUT2D eigenvalue weighted by Gasteiger charge is 2.26. The van der Waals surface area contributed by atoms with E-state index in [1.807, 2.05) is 44.7 Å². The second-order valence-corrected chi connectivity index (χ2v) is 7.17. The van der Waals surface area contributed by atoms with Crippen molar-refractivity contribution in [3.8, 4) is 5.75 Å². The molecule has 138 valence electrons. The minimum atomic E-state index is -0.506. The van der Waals surface area contributed by atoms with Crippen molar-refractivity contribution in [3.05, 3.63) is 29.8 Å². The number of rotatable bonds is 4. The summed E-state index contributed by atoms with van der Waals surface area (Å²) in [6.07, 6.45) is 1.05. The topological polar surface area (TPSA) is 67.9 Å². The molecule has 1 heterocycles. The molecule has 0 radical (unpaired) electrons. The number of benzene rings is 1. The quantitative estimate of drug-likeness (QED) is 0.907. The Hall–Kier alpha value is -2.24. The van der Waals surface area contributed by atoms with Gasteiger partial charge < -0.3 is 19.7 Å². The maximum absolute atomic E-state index is 12.6. The largest absolute Gasteiger partial charge is 0.494 e. The monoisotopic (exact) mass is 348 g/mol. The van der Waals surface area contributed by atoms with Crippen LogP contribution in [-0.4, -0.2) is 48.2 Å². The number of nitrogens with one attached hydrogen (secondary N) is 1. The second-order valence-electron chi connectivity index (χ2n) is 7.17. The zero-order chi connectivity index (χ0) is 18.4. The van der Waals surface area contributed by atoms with Gasteiger partial charge in [0, 0.05) is 24.7 Å². The number of carbonyl (C=O) groups excluding carboxylic acids is 2. The van der Waals surface area contributed by atoms with Gasteiger partial charge in [0.2, 0.25) is 0 Å². The lowest BCUT2D eigenvalue weighted by Crippen LogP contribution is -2.47. The van der Waals surface area contributed by atoms with Crippen molar-refractivity contribution >= 4 is 12.0 Å². The molecule has 0 atom stereocenters. The molecule has 2 rings (SSSR count). The number of likely N-dealkylation sites (tertiary alicyclic amines) is 1. The molecule has 6 heteroatoms. The Labute approximate surface area is 149 Å². The maximum Gasteiger partial charge on any atom is 0.407 e. The number of carbonyl (C=O) groups is 2. The van der Waals surface area contributed by atoms with Crippen LogP contribution in [0.3, 0.4) is 0 Å². The van der Waals surface area contributed by atoms with Crippen LogP contribution in [0.1, 0.15) is 50.9 Å². The average molecular weight is 348 g/mol. The SMILES string of the molecule is CCOc1ccc(C(=O)N2CCC(NC(=O)OC(C)(C)C)CC2)cc1. The van der Waals surface area contributed by atoms with Gasteiger partial charge in [-0.1, -0.05) is 0 Å². The Morgan fingerprint density at radius 3 is 2.28 bits per heavy atom. The third kappa shape index (κ3) is 5.96. The van der Waals surface area contributed by atoms with Crippen LogP contribution in [-0.2, 0) is 4.74 Å². The van der Waals surface area contributed by atoms with Gasteiger partial charge in [0.15, 0.2) is 0 Å². The molecule has 1 aromatic carbocycles. The van der Waals surface area contributed by atoms with Crippen LogP contribution in [0.2, 0.25) is 0 Å². The molecule has 1 aliphatic heterocycles. The van der Waals surface area contributed by atoms with Crippen molar-refractivity contribution in [1.29, 1.82) is 0 Å².